The number of amides is 1. The summed E-state index contributed by atoms with van der Waals surface area (Å²) >= 11 is 0. The highest BCUT2D eigenvalue weighted by molar-refractivity contribution is 5.93. The van der Waals surface area contributed by atoms with Crippen LogP contribution < -0.4 is 5.73 Å². The second-order valence-electron chi connectivity index (χ2n) is 5.83. The number of carboxylic acid groups (broad SMARTS) is 1. The number of carboxylic acids is 1. The van der Waals surface area contributed by atoms with Crippen LogP contribution in [0.15, 0.2) is 18.2 Å². The van der Waals surface area contributed by atoms with E-state index in [9.17, 15) is 14.7 Å². The second-order valence-corrected chi connectivity index (χ2v) is 5.83. The molecule has 1 atom stereocenters. The Morgan fingerprint density at radius 1 is 1.45 bits per heavy atom. The quantitative estimate of drug-likeness (QED) is 0.870. The number of likely N-dealkylation sites (tertiary alicyclic amines) is 1. The Labute approximate surface area is 118 Å². The summed E-state index contributed by atoms with van der Waals surface area (Å²) in [4.78, 5) is 24.5. The Balaban J connectivity index is 2.09. The molecule has 1 aromatic rings. The van der Waals surface area contributed by atoms with E-state index in [0.29, 0.717) is 25.1 Å². The van der Waals surface area contributed by atoms with Gasteiger partial charge in [0.25, 0.3) is 0 Å². The lowest BCUT2D eigenvalue weighted by molar-refractivity contribution is -0.147. The molecule has 2 rings (SSSR count). The maximum Gasteiger partial charge on any atom is 0.310 e. The van der Waals surface area contributed by atoms with Crippen LogP contribution >= 0.6 is 0 Å². The Hall–Kier alpha value is -1.88. The van der Waals surface area contributed by atoms with Gasteiger partial charge in [0.2, 0.25) is 5.91 Å². The highest BCUT2D eigenvalue weighted by Gasteiger charge is 2.40. The van der Waals surface area contributed by atoms with Gasteiger partial charge in [-0.1, -0.05) is 6.07 Å². The third-order valence-corrected chi connectivity index (χ3v) is 4.09. The molecule has 5 heteroatoms. The van der Waals surface area contributed by atoms with Crippen LogP contribution in [0.3, 0.4) is 0 Å². The van der Waals surface area contributed by atoms with E-state index in [1.165, 1.54) is 0 Å². The lowest BCUT2D eigenvalue weighted by Crippen LogP contribution is -2.31. The monoisotopic (exact) mass is 276 g/mol. The molecule has 1 saturated heterocycles. The van der Waals surface area contributed by atoms with Crippen LogP contribution in [-0.2, 0) is 11.3 Å². The minimum Gasteiger partial charge on any atom is -0.481 e. The standard InChI is InChI=1S/C15H20N2O3/c1-10-7-11(13(16)18)3-4-12(10)8-17-6-5-15(2,9-17)14(19)20/h3-4,7H,5-6,8-9H2,1-2H3,(H2,16,18)(H,19,20). The first-order valence-corrected chi connectivity index (χ1v) is 6.67. The topological polar surface area (TPSA) is 83.6 Å². The maximum absolute atomic E-state index is 11.2. The minimum absolute atomic E-state index is 0.431. The molecular formula is C15H20N2O3. The molecule has 1 unspecified atom stereocenters. The van der Waals surface area contributed by atoms with Crippen LogP contribution in [0.25, 0.3) is 0 Å². The lowest BCUT2D eigenvalue weighted by atomic mass is 9.90. The summed E-state index contributed by atoms with van der Waals surface area (Å²) < 4.78 is 0. The Bertz CT molecular complexity index is 556. The van der Waals surface area contributed by atoms with Crippen molar-refractivity contribution in [3.8, 4) is 0 Å². The minimum atomic E-state index is -0.735. The highest BCUT2D eigenvalue weighted by atomic mass is 16.4. The predicted octanol–water partition coefficient (Wildman–Crippen LogP) is 1.39. The fourth-order valence-electron chi connectivity index (χ4n) is 2.63. The molecule has 5 nitrogen and oxygen atoms in total. The van der Waals surface area contributed by atoms with Gasteiger partial charge in [-0.3, -0.25) is 14.5 Å². The fraction of sp³-hybridized carbons (Fsp3) is 0.467. The number of aliphatic carboxylic acids is 1. The van der Waals surface area contributed by atoms with Gasteiger partial charge in [-0.25, -0.2) is 0 Å². The summed E-state index contributed by atoms with van der Waals surface area (Å²) in [5.41, 5.74) is 7.21. The van der Waals surface area contributed by atoms with E-state index in [2.05, 4.69) is 4.90 Å². The number of benzene rings is 1. The number of rotatable bonds is 4. The number of aryl methyl sites for hydroxylation is 1. The zero-order chi connectivity index (χ0) is 14.9. The number of nitrogens with two attached hydrogens (primary N) is 1. The van der Waals surface area contributed by atoms with Crippen molar-refractivity contribution in [2.75, 3.05) is 13.1 Å². The Kier molecular flexibility index (Phi) is 3.81. The van der Waals surface area contributed by atoms with Crippen molar-refractivity contribution in [3.05, 3.63) is 34.9 Å². The first-order valence-electron chi connectivity index (χ1n) is 6.67. The Morgan fingerprint density at radius 3 is 2.65 bits per heavy atom. The summed E-state index contributed by atoms with van der Waals surface area (Å²) in [6, 6.07) is 5.40. The van der Waals surface area contributed by atoms with Crippen LogP contribution in [0.4, 0.5) is 0 Å². The van der Waals surface area contributed by atoms with Crippen molar-refractivity contribution in [1.29, 1.82) is 0 Å². The second kappa shape index (κ2) is 5.25. The van der Waals surface area contributed by atoms with E-state index >= 15 is 0 Å². The van der Waals surface area contributed by atoms with Gasteiger partial charge >= 0.3 is 5.97 Å². The lowest BCUT2D eigenvalue weighted by Gasteiger charge is -2.21. The molecule has 1 fully saturated rings. The number of hydrogen-bond acceptors (Lipinski definition) is 3. The number of carbonyl (C=O) groups is 2. The Morgan fingerprint density at radius 2 is 2.15 bits per heavy atom. The molecule has 1 aliphatic heterocycles. The van der Waals surface area contributed by atoms with Crippen LogP contribution in [0.2, 0.25) is 0 Å². The van der Waals surface area contributed by atoms with Gasteiger partial charge in [-0.2, -0.15) is 0 Å². The van der Waals surface area contributed by atoms with Gasteiger partial charge in [-0.15, -0.1) is 0 Å². The van der Waals surface area contributed by atoms with E-state index in [1.807, 2.05) is 13.0 Å². The van der Waals surface area contributed by atoms with E-state index in [-0.39, 0.29) is 0 Å². The molecule has 1 heterocycles. The SMILES string of the molecule is Cc1cc(C(N)=O)ccc1CN1CCC(C)(C(=O)O)C1. The van der Waals surface area contributed by atoms with Gasteiger partial charge < -0.3 is 10.8 Å². The van der Waals surface area contributed by atoms with Crippen molar-refractivity contribution in [2.45, 2.75) is 26.8 Å². The average Bonchev–Trinajstić information content (AvgIpc) is 2.75. The molecule has 3 N–H and O–H groups in total. The smallest absolute Gasteiger partial charge is 0.310 e. The first-order chi connectivity index (χ1) is 9.32. The molecule has 1 aliphatic rings. The molecule has 0 saturated carbocycles. The summed E-state index contributed by atoms with van der Waals surface area (Å²) in [6.45, 7) is 5.76. The van der Waals surface area contributed by atoms with Crippen molar-refractivity contribution >= 4 is 11.9 Å². The summed E-state index contributed by atoms with van der Waals surface area (Å²) in [6.07, 6.45) is 0.667. The number of hydrogen-bond donors (Lipinski definition) is 2. The van der Waals surface area contributed by atoms with Crippen molar-refractivity contribution in [2.24, 2.45) is 11.1 Å². The summed E-state index contributed by atoms with van der Waals surface area (Å²) in [7, 11) is 0. The van der Waals surface area contributed by atoms with Crippen LogP contribution in [0, 0.1) is 12.3 Å². The number of nitrogens with zero attached hydrogens (tertiary/aromatic N) is 1. The maximum atomic E-state index is 11.2. The third-order valence-electron chi connectivity index (χ3n) is 4.09. The molecule has 0 aromatic heterocycles. The molecule has 1 aromatic carbocycles. The third kappa shape index (κ3) is 2.82. The van der Waals surface area contributed by atoms with E-state index in [1.54, 1.807) is 19.1 Å². The molecule has 20 heavy (non-hydrogen) atoms. The van der Waals surface area contributed by atoms with Gasteiger partial charge in [0.05, 0.1) is 5.41 Å². The normalized spacial score (nSPS) is 22.9. The molecule has 0 spiro atoms. The molecule has 0 radical (unpaired) electrons. The van der Waals surface area contributed by atoms with Gasteiger partial charge in [0.1, 0.15) is 0 Å². The summed E-state index contributed by atoms with van der Waals surface area (Å²) in [5, 5.41) is 9.23. The average molecular weight is 276 g/mol. The van der Waals surface area contributed by atoms with Crippen LogP contribution in [0.5, 0.6) is 0 Å². The highest BCUT2D eigenvalue weighted by Crippen LogP contribution is 2.31. The van der Waals surface area contributed by atoms with Crippen molar-refractivity contribution in [3.63, 3.8) is 0 Å². The molecular weight excluding hydrogens is 256 g/mol. The van der Waals surface area contributed by atoms with Crippen molar-refractivity contribution < 1.29 is 14.7 Å². The van der Waals surface area contributed by atoms with Crippen molar-refractivity contribution in [1.82, 2.24) is 4.90 Å². The van der Waals surface area contributed by atoms with Gasteiger partial charge in [0.15, 0.2) is 0 Å². The largest absolute Gasteiger partial charge is 0.481 e. The van der Waals surface area contributed by atoms with Crippen LogP contribution in [-0.4, -0.2) is 35.0 Å². The van der Waals surface area contributed by atoms with E-state index in [0.717, 1.165) is 17.7 Å². The predicted molar refractivity (Wildman–Crippen MR) is 75.3 cm³/mol. The zero-order valence-electron chi connectivity index (χ0n) is 11.8. The molecule has 1 amide bonds. The first kappa shape index (κ1) is 14.5. The zero-order valence-corrected chi connectivity index (χ0v) is 11.8. The molecule has 0 aliphatic carbocycles. The summed E-state index contributed by atoms with van der Waals surface area (Å²) in [5.74, 6) is -1.17. The van der Waals surface area contributed by atoms with E-state index in [4.69, 9.17) is 5.73 Å². The van der Waals surface area contributed by atoms with Crippen LogP contribution in [0.1, 0.15) is 34.8 Å². The molecule has 0 bridgehead atoms. The van der Waals surface area contributed by atoms with Gasteiger partial charge in [-0.05, 0) is 50.1 Å². The molecule has 108 valence electrons. The fourth-order valence-corrected chi connectivity index (χ4v) is 2.63. The van der Waals surface area contributed by atoms with E-state index < -0.39 is 17.3 Å². The van der Waals surface area contributed by atoms with Gasteiger partial charge in [0, 0.05) is 18.7 Å². The number of carbonyl (C=O) groups excluding carboxylic acids is 1. The number of primary amides is 1.